The lowest BCUT2D eigenvalue weighted by atomic mass is 10.1. The molecule has 2 aromatic carbocycles. The SMILES string of the molecule is CN(C(=O)CCn1ccccc1=O)c1cccc2ccccc12. The minimum absolute atomic E-state index is 0.0166. The van der Waals surface area contributed by atoms with Crippen LogP contribution in [0.25, 0.3) is 10.8 Å². The Bertz CT molecular complexity index is 894. The summed E-state index contributed by atoms with van der Waals surface area (Å²) in [5.74, 6) is -0.0166. The van der Waals surface area contributed by atoms with Gasteiger partial charge in [0.25, 0.3) is 5.56 Å². The average molecular weight is 306 g/mol. The van der Waals surface area contributed by atoms with Crippen LogP contribution >= 0.6 is 0 Å². The molecule has 0 saturated heterocycles. The van der Waals surface area contributed by atoms with Crippen molar-refractivity contribution in [3.8, 4) is 0 Å². The highest BCUT2D eigenvalue weighted by atomic mass is 16.2. The molecular weight excluding hydrogens is 288 g/mol. The Labute approximate surface area is 134 Å². The van der Waals surface area contributed by atoms with Crippen molar-refractivity contribution in [2.75, 3.05) is 11.9 Å². The summed E-state index contributed by atoms with van der Waals surface area (Å²) < 4.78 is 1.55. The largest absolute Gasteiger partial charge is 0.315 e. The molecule has 0 aliphatic rings. The van der Waals surface area contributed by atoms with Gasteiger partial charge in [0.2, 0.25) is 5.91 Å². The summed E-state index contributed by atoms with van der Waals surface area (Å²) in [6.45, 7) is 0.383. The van der Waals surface area contributed by atoms with E-state index in [0.717, 1.165) is 16.5 Å². The van der Waals surface area contributed by atoms with E-state index in [0.29, 0.717) is 6.54 Å². The van der Waals surface area contributed by atoms with Gasteiger partial charge in [0.05, 0.1) is 5.69 Å². The summed E-state index contributed by atoms with van der Waals surface area (Å²) >= 11 is 0. The molecule has 0 atom stereocenters. The predicted molar refractivity (Wildman–Crippen MR) is 92.7 cm³/mol. The topological polar surface area (TPSA) is 42.3 Å². The number of aromatic nitrogens is 1. The molecule has 0 N–H and O–H groups in total. The maximum atomic E-state index is 12.5. The molecule has 0 saturated carbocycles. The van der Waals surface area contributed by atoms with Gasteiger partial charge in [0.15, 0.2) is 0 Å². The molecule has 1 aromatic heterocycles. The van der Waals surface area contributed by atoms with Gasteiger partial charge < -0.3 is 9.47 Å². The first kappa shape index (κ1) is 15.0. The van der Waals surface area contributed by atoms with Crippen molar-refractivity contribution in [1.82, 2.24) is 4.57 Å². The molecule has 0 bridgehead atoms. The second-order valence-electron chi connectivity index (χ2n) is 5.43. The number of aryl methyl sites for hydroxylation is 1. The van der Waals surface area contributed by atoms with Gasteiger partial charge in [-0.15, -0.1) is 0 Å². The molecule has 4 heteroatoms. The number of fused-ring (bicyclic) bond motifs is 1. The summed E-state index contributed by atoms with van der Waals surface area (Å²) in [5.41, 5.74) is 0.793. The molecule has 23 heavy (non-hydrogen) atoms. The number of hydrogen-bond donors (Lipinski definition) is 0. The Morgan fingerprint density at radius 1 is 1.00 bits per heavy atom. The zero-order valence-corrected chi connectivity index (χ0v) is 13.0. The number of pyridine rings is 1. The number of anilines is 1. The lowest BCUT2D eigenvalue weighted by molar-refractivity contribution is -0.118. The monoisotopic (exact) mass is 306 g/mol. The van der Waals surface area contributed by atoms with E-state index in [1.54, 1.807) is 34.8 Å². The Morgan fingerprint density at radius 3 is 2.57 bits per heavy atom. The highest BCUT2D eigenvalue weighted by Crippen LogP contribution is 2.26. The van der Waals surface area contributed by atoms with Gasteiger partial charge in [-0.2, -0.15) is 0 Å². The van der Waals surface area contributed by atoms with Crippen LogP contribution < -0.4 is 10.5 Å². The van der Waals surface area contributed by atoms with Crippen LogP contribution in [0.5, 0.6) is 0 Å². The summed E-state index contributed by atoms with van der Waals surface area (Å²) in [6.07, 6.45) is 1.98. The van der Waals surface area contributed by atoms with Crippen LogP contribution in [0, 0.1) is 0 Å². The highest BCUT2D eigenvalue weighted by molar-refractivity contribution is 6.03. The summed E-state index contributed by atoms with van der Waals surface area (Å²) in [5, 5.41) is 2.15. The summed E-state index contributed by atoms with van der Waals surface area (Å²) in [7, 11) is 1.78. The van der Waals surface area contributed by atoms with Crippen LogP contribution in [0.15, 0.2) is 71.7 Å². The third kappa shape index (κ3) is 3.16. The van der Waals surface area contributed by atoms with Crippen molar-refractivity contribution in [2.45, 2.75) is 13.0 Å². The van der Waals surface area contributed by atoms with E-state index < -0.39 is 0 Å². The summed E-state index contributed by atoms with van der Waals surface area (Å²) in [4.78, 5) is 25.8. The normalized spacial score (nSPS) is 10.7. The maximum absolute atomic E-state index is 12.5. The molecule has 0 spiro atoms. The second-order valence-corrected chi connectivity index (χ2v) is 5.43. The Kier molecular flexibility index (Phi) is 4.24. The van der Waals surface area contributed by atoms with E-state index in [2.05, 4.69) is 0 Å². The number of amides is 1. The second kappa shape index (κ2) is 6.48. The number of carbonyl (C=O) groups excluding carboxylic acids is 1. The Balaban J connectivity index is 1.79. The molecule has 1 heterocycles. The van der Waals surface area contributed by atoms with Crippen LogP contribution in [0.2, 0.25) is 0 Å². The van der Waals surface area contributed by atoms with Crippen molar-refractivity contribution in [1.29, 1.82) is 0 Å². The number of benzene rings is 2. The number of nitrogens with zero attached hydrogens (tertiary/aromatic N) is 2. The number of rotatable bonds is 4. The van der Waals surface area contributed by atoms with Crippen molar-refractivity contribution in [3.05, 3.63) is 77.2 Å². The van der Waals surface area contributed by atoms with E-state index in [1.165, 1.54) is 6.07 Å². The molecular formula is C19H18N2O2. The fraction of sp³-hybridized carbons (Fsp3) is 0.158. The van der Waals surface area contributed by atoms with E-state index in [9.17, 15) is 9.59 Å². The quantitative estimate of drug-likeness (QED) is 0.743. The van der Waals surface area contributed by atoms with Gasteiger partial charge >= 0.3 is 0 Å². The Morgan fingerprint density at radius 2 is 1.74 bits per heavy atom. The van der Waals surface area contributed by atoms with Gasteiger partial charge in [-0.1, -0.05) is 42.5 Å². The van der Waals surface area contributed by atoms with Crippen LogP contribution in [-0.2, 0) is 11.3 Å². The summed E-state index contributed by atoms with van der Waals surface area (Å²) in [6, 6.07) is 18.9. The molecule has 3 aromatic rings. The molecule has 4 nitrogen and oxygen atoms in total. The lowest BCUT2D eigenvalue weighted by Gasteiger charge is -2.19. The standard InChI is InChI=1S/C19H18N2O2/c1-20(17-10-6-8-15-7-2-3-9-16(15)17)18(22)12-14-21-13-5-4-11-19(21)23/h2-11,13H,12,14H2,1H3. The molecule has 0 radical (unpaired) electrons. The van der Waals surface area contributed by atoms with Crippen molar-refractivity contribution in [2.24, 2.45) is 0 Å². The fourth-order valence-electron chi connectivity index (χ4n) is 2.66. The van der Waals surface area contributed by atoms with Gasteiger partial charge in [-0.3, -0.25) is 9.59 Å². The van der Waals surface area contributed by atoms with Crippen LogP contribution in [0.1, 0.15) is 6.42 Å². The third-order valence-corrected chi connectivity index (χ3v) is 3.97. The van der Waals surface area contributed by atoms with Crippen LogP contribution in [0.4, 0.5) is 5.69 Å². The van der Waals surface area contributed by atoms with Crippen molar-refractivity contribution >= 4 is 22.4 Å². The molecule has 1 amide bonds. The molecule has 116 valence electrons. The maximum Gasteiger partial charge on any atom is 0.250 e. The molecule has 0 aliphatic heterocycles. The molecule has 0 aliphatic carbocycles. The first-order valence-corrected chi connectivity index (χ1v) is 7.56. The predicted octanol–water partition coefficient (Wildman–Crippen LogP) is 3.05. The van der Waals surface area contributed by atoms with Gasteiger partial charge in [-0.25, -0.2) is 0 Å². The molecule has 0 unspecified atom stereocenters. The smallest absolute Gasteiger partial charge is 0.250 e. The van der Waals surface area contributed by atoms with Crippen LogP contribution in [0.3, 0.4) is 0 Å². The third-order valence-electron chi connectivity index (χ3n) is 3.97. The fourth-order valence-corrected chi connectivity index (χ4v) is 2.66. The Hall–Kier alpha value is -2.88. The van der Waals surface area contributed by atoms with E-state index >= 15 is 0 Å². The first-order valence-electron chi connectivity index (χ1n) is 7.56. The average Bonchev–Trinajstić information content (AvgIpc) is 2.59. The van der Waals surface area contributed by atoms with Crippen molar-refractivity contribution in [3.63, 3.8) is 0 Å². The lowest BCUT2D eigenvalue weighted by Crippen LogP contribution is -2.29. The van der Waals surface area contributed by atoms with E-state index in [1.807, 2.05) is 42.5 Å². The van der Waals surface area contributed by atoms with E-state index in [-0.39, 0.29) is 17.9 Å². The highest BCUT2D eigenvalue weighted by Gasteiger charge is 2.13. The number of hydrogen-bond acceptors (Lipinski definition) is 2. The molecule has 0 fully saturated rings. The molecule has 3 rings (SSSR count). The van der Waals surface area contributed by atoms with Gasteiger partial charge in [0.1, 0.15) is 0 Å². The minimum atomic E-state index is -0.0897. The zero-order chi connectivity index (χ0) is 16.2. The van der Waals surface area contributed by atoms with Gasteiger partial charge in [0, 0.05) is 37.7 Å². The van der Waals surface area contributed by atoms with Crippen LogP contribution in [-0.4, -0.2) is 17.5 Å². The van der Waals surface area contributed by atoms with Crippen molar-refractivity contribution < 1.29 is 4.79 Å². The van der Waals surface area contributed by atoms with E-state index in [4.69, 9.17) is 0 Å². The zero-order valence-electron chi connectivity index (χ0n) is 13.0. The number of carbonyl (C=O) groups is 1. The first-order chi connectivity index (χ1) is 11.2. The van der Waals surface area contributed by atoms with Gasteiger partial charge in [-0.05, 0) is 17.5 Å². The minimum Gasteiger partial charge on any atom is -0.315 e.